The van der Waals surface area contributed by atoms with Crippen molar-refractivity contribution in [3.05, 3.63) is 11.1 Å². The van der Waals surface area contributed by atoms with E-state index in [-0.39, 0.29) is 23.9 Å². The molecule has 0 radical (unpaired) electrons. The van der Waals surface area contributed by atoms with Crippen molar-refractivity contribution in [3.63, 3.8) is 0 Å². The van der Waals surface area contributed by atoms with E-state index in [1.807, 2.05) is 6.92 Å². The van der Waals surface area contributed by atoms with Gasteiger partial charge in [0.25, 0.3) is 0 Å². The Labute approximate surface area is 182 Å². The summed E-state index contributed by atoms with van der Waals surface area (Å²) in [7, 11) is -4.15. The molecule has 0 aromatic heterocycles. The summed E-state index contributed by atoms with van der Waals surface area (Å²) in [5, 5.41) is 10.8. The Bertz CT molecular complexity index is 792. The van der Waals surface area contributed by atoms with E-state index < -0.39 is 34.3 Å². The van der Waals surface area contributed by atoms with E-state index >= 15 is 0 Å². The molecule has 4 bridgehead atoms. The average molecular weight is 451 g/mol. The summed E-state index contributed by atoms with van der Waals surface area (Å²) in [6, 6.07) is 0. The van der Waals surface area contributed by atoms with Crippen molar-refractivity contribution in [2.45, 2.75) is 95.8 Å². The van der Waals surface area contributed by atoms with Crippen molar-refractivity contribution in [1.29, 1.82) is 0 Å². The van der Waals surface area contributed by atoms with Gasteiger partial charge in [0.2, 0.25) is 0 Å². The van der Waals surface area contributed by atoms with E-state index in [2.05, 4.69) is 33.1 Å². The molecule has 5 nitrogen and oxygen atoms in total. The first-order valence-electron chi connectivity index (χ1n) is 11.8. The predicted octanol–water partition coefficient (Wildman–Crippen LogP) is 3.82. The van der Waals surface area contributed by atoms with Crippen LogP contribution >= 0.6 is 0 Å². The molecule has 0 spiro atoms. The zero-order chi connectivity index (χ0) is 21.6. The van der Waals surface area contributed by atoms with Crippen LogP contribution in [0.5, 0.6) is 0 Å². The van der Waals surface area contributed by atoms with Gasteiger partial charge in [0.05, 0.1) is 30.3 Å². The lowest BCUT2D eigenvalue weighted by molar-refractivity contribution is -0.224. The summed E-state index contributed by atoms with van der Waals surface area (Å²) in [6.07, 6.45) is 2.68. The van der Waals surface area contributed by atoms with E-state index in [1.54, 1.807) is 0 Å². The van der Waals surface area contributed by atoms with Gasteiger partial charge in [-0.2, -0.15) is 0 Å². The van der Waals surface area contributed by atoms with Gasteiger partial charge in [-0.1, -0.05) is 0 Å². The third kappa shape index (κ3) is 3.18. The van der Waals surface area contributed by atoms with Gasteiger partial charge in [-0.15, -0.1) is 0 Å². The fraction of sp³-hybridized carbons (Fsp3) is 0.870. The van der Waals surface area contributed by atoms with Crippen molar-refractivity contribution < 1.29 is 23.5 Å². The number of ketones is 1. The molecule has 3 aliphatic carbocycles. The Kier molecular flexibility index (Phi) is 4.91. The smallest absolute Gasteiger partial charge is 0.187 e. The van der Waals surface area contributed by atoms with Crippen LogP contribution in [0.2, 0.25) is 31.9 Å². The monoisotopic (exact) mass is 450 g/mol. The molecular weight excluding hydrogens is 412 g/mol. The highest BCUT2D eigenvalue weighted by Gasteiger charge is 2.64. The minimum atomic E-state index is -2.14. The van der Waals surface area contributed by atoms with E-state index in [1.165, 1.54) is 0 Å². The quantitative estimate of drug-likeness (QED) is 0.449. The topological polar surface area (TPSA) is 65.0 Å². The van der Waals surface area contributed by atoms with E-state index in [0.717, 1.165) is 49.1 Å². The second kappa shape index (κ2) is 6.84. The second-order valence-corrected chi connectivity index (χ2v) is 21.0. The molecule has 168 valence electrons. The van der Waals surface area contributed by atoms with Gasteiger partial charge in [-0.3, -0.25) is 4.79 Å². The van der Waals surface area contributed by atoms with Crippen molar-refractivity contribution >= 4 is 22.4 Å². The van der Waals surface area contributed by atoms with Crippen LogP contribution in [0.4, 0.5) is 0 Å². The Balaban J connectivity index is 1.70. The summed E-state index contributed by atoms with van der Waals surface area (Å²) in [4.78, 5) is 14.4. The maximum absolute atomic E-state index is 14.4. The van der Waals surface area contributed by atoms with Crippen LogP contribution in [0.1, 0.15) is 39.5 Å². The number of rotatable bonds is 0. The van der Waals surface area contributed by atoms with Crippen LogP contribution in [0.3, 0.4) is 0 Å². The highest BCUT2D eigenvalue weighted by Crippen LogP contribution is 2.58. The lowest BCUT2D eigenvalue weighted by Crippen LogP contribution is -2.66. The Morgan fingerprint density at radius 1 is 1.07 bits per heavy atom. The molecule has 0 aromatic rings. The van der Waals surface area contributed by atoms with E-state index in [4.69, 9.17) is 13.6 Å². The molecule has 0 amide bonds. The molecular formula is C23H38O5Si2. The number of fused-ring (bicyclic) bond motifs is 6. The van der Waals surface area contributed by atoms with Crippen LogP contribution in [0.25, 0.3) is 0 Å². The number of aliphatic hydroxyl groups excluding tert-OH is 1. The van der Waals surface area contributed by atoms with Crippen molar-refractivity contribution in [1.82, 2.24) is 0 Å². The van der Waals surface area contributed by atoms with Crippen LogP contribution in [-0.4, -0.2) is 58.5 Å². The van der Waals surface area contributed by atoms with Crippen LogP contribution in [0, 0.1) is 23.2 Å². The number of Topliss-reactive ketones (excluding diaryl/α,β-unsaturated/α-hetero) is 1. The van der Waals surface area contributed by atoms with Crippen LogP contribution in [-0.2, 0) is 18.4 Å². The second-order valence-electron chi connectivity index (χ2n) is 12.1. The van der Waals surface area contributed by atoms with Crippen LogP contribution in [0.15, 0.2) is 11.1 Å². The van der Waals surface area contributed by atoms with Crippen molar-refractivity contribution in [2.24, 2.45) is 23.2 Å². The number of hydrogen-bond acceptors (Lipinski definition) is 5. The standard InChI is InChI=1S/C23H38O5Si2/c1-13-15-7-14(9-18(13)24)8-17-16-11-26-19(16)10-20-23(17,2)22(25)21(15)28-30(5,6)12-29(3,4)27-20/h14,16-21,24H,7-12H2,1-6H3/t14-,16-,17+,18+,19+,20+,21-,23+/m1/s1. The average Bonchev–Trinajstić information content (AvgIpc) is 2.62. The summed E-state index contributed by atoms with van der Waals surface area (Å²) in [5.74, 6) is 1.30. The first kappa shape index (κ1) is 21.5. The summed E-state index contributed by atoms with van der Waals surface area (Å²) in [6.45, 7) is 14.0. The number of carbonyl (C=O) groups is 1. The fourth-order valence-electron chi connectivity index (χ4n) is 7.52. The largest absolute Gasteiger partial charge is 0.414 e. The number of carbonyl (C=O) groups excluding carboxylic acids is 1. The minimum Gasteiger partial charge on any atom is -0.414 e. The van der Waals surface area contributed by atoms with E-state index in [0.29, 0.717) is 11.8 Å². The first-order chi connectivity index (χ1) is 13.9. The number of ether oxygens (including phenoxy) is 1. The number of aliphatic hydroxyl groups is 1. The molecule has 2 aliphatic heterocycles. The highest BCUT2D eigenvalue weighted by molar-refractivity contribution is 6.89. The van der Waals surface area contributed by atoms with Gasteiger partial charge in [0.15, 0.2) is 22.4 Å². The Hall–Kier alpha value is -0.316. The molecule has 2 saturated carbocycles. The third-order valence-corrected chi connectivity index (χ3v) is 17.5. The molecule has 30 heavy (non-hydrogen) atoms. The van der Waals surface area contributed by atoms with Crippen molar-refractivity contribution in [2.75, 3.05) is 6.61 Å². The summed E-state index contributed by atoms with van der Waals surface area (Å²) in [5.41, 5.74) is 2.50. The maximum Gasteiger partial charge on any atom is 0.187 e. The third-order valence-electron chi connectivity index (χ3n) is 8.88. The molecule has 7 heteroatoms. The molecule has 0 aromatic carbocycles. The van der Waals surface area contributed by atoms with Gasteiger partial charge >= 0.3 is 0 Å². The van der Waals surface area contributed by atoms with Gasteiger partial charge in [0.1, 0.15) is 6.10 Å². The summed E-state index contributed by atoms with van der Waals surface area (Å²) < 4.78 is 19.8. The van der Waals surface area contributed by atoms with E-state index in [9.17, 15) is 9.90 Å². The fourth-order valence-corrected chi connectivity index (χ4v) is 18.4. The molecule has 8 atom stereocenters. The minimum absolute atomic E-state index is 0.0862. The normalized spacial score (nSPS) is 49.6. The Morgan fingerprint density at radius 3 is 2.43 bits per heavy atom. The molecule has 2 heterocycles. The van der Waals surface area contributed by atoms with Gasteiger partial charge in [0, 0.05) is 5.92 Å². The van der Waals surface area contributed by atoms with Crippen molar-refractivity contribution in [3.8, 4) is 0 Å². The Morgan fingerprint density at radius 2 is 1.77 bits per heavy atom. The summed E-state index contributed by atoms with van der Waals surface area (Å²) >= 11 is 0. The highest BCUT2D eigenvalue weighted by atomic mass is 28.4. The zero-order valence-electron chi connectivity index (χ0n) is 19.4. The SMILES string of the molecule is CC1=C2C[C@@H](C[C@@H]1O)C[C@H]1[C@H]3CO[C@H]3C[C@@H]3O[Si](C)(C)C[Si](C)(C)O[C@H]2C(=O)[C@]31C. The lowest BCUT2D eigenvalue weighted by atomic mass is 9.52. The van der Waals surface area contributed by atoms with Gasteiger partial charge < -0.3 is 18.7 Å². The maximum atomic E-state index is 14.4. The molecule has 4 fully saturated rings. The van der Waals surface area contributed by atoms with Crippen LogP contribution < -0.4 is 0 Å². The number of hydrogen-bond donors (Lipinski definition) is 1. The molecule has 0 unspecified atom stereocenters. The first-order valence-corrected chi connectivity index (χ1v) is 18.0. The predicted molar refractivity (Wildman–Crippen MR) is 120 cm³/mol. The van der Waals surface area contributed by atoms with Gasteiger partial charge in [-0.25, -0.2) is 0 Å². The zero-order valence-corrected chi connectivity index (χ0v) is 21.4. The lowest BCUT2D eigenvalue weighted by Gasteiger charge is -2.59. The molecule has 2 saturated heterocycles. The molecule has 5 aliphatic rings. The molecule has 5 rings (SSSR count). The van der Waals surface area contributed by atoms with Gasteiger partial charge in [-0.05, 0) is 94.4 Å². The molecule has 1 N–H and O–H groups in total.